The van der Waals surface area contributed by atoms with Crippen molar-refractivity contribution in [1.82, 2.24) is 21.1 Å². The average Bonchev–Trinajstić information content (AvgIpc) is 3.04. The lowest BCUT2D eigenvalue weighted by Crippen LogP contribution is -2.50. The van der Waals surface area contributed by atoms with E-state index in [0.29, 0.717) is 6.04 Å². The number of hydrogen-bond donors (Lipinski definition) is 3. The number of hydrazine groups is 1. The van der Waals surface area contributed by atoms with Crippen molar-refractivity contribution in [3.63, 3.8) is 0 Å². The van der Waals surface area contributed by atoms with E-state index in [2.05, 4.69) is 16.2 Å². The smallest absolute Gasteiger partial charge is 0.241 e. The van der Waals surface area contributed by atoms with Crippen LogP contribution in [0, 0.1) is 0 Å². The predicted molar refractivity (Wildman–Crippen MR) is 94.8 cm³/mol. The van der Waals surface area contributed by atoms with Crippen LogP contribution < -0.4 is 16.2 Å². The fourth-order valence-corrected chi connectivity index (χ4v) is 3.57. The molecular weight excluding hydrogens is 335 g/mol. The molecule has 3 rings (SSSR count). The van der Waals surface area contributed by atoms with Gasteiger partial charge in [0.15, 0.2) is 0 Å². The SMILES string of the molecule is CN(C(=O)C1CC(c2ccccc2Cl)NN1)C1CCNCC1.Cl. The third-order valence-electron chi connectivity index (χ3n) is 4.69. The summed E-state index contributed by atoms with van der Waals surface area (Å²) < 4.78 is 0. The molecule has 2 saturated heterocycles. The average molecular weight is 359 g/mol. The lowest BCUT2D eigenvalue weighted by Gasteiger charge is -2.33. The third kappa shape index (κ3) is 4.17. The Morgan fingerprint density at radius 1 is 1.22 bits per heavy atom. The molecule has 2 atom stereocenters. The summed E-state index contributed by atoms with van der Waals surface area (Å²) in [5.41, 5.74) is 7.38. The molecule has 2 heterocycles. The lowest BCUT2D eigenvalue weighted by molar-refractivity contribution is -0.134. The number of likely N-dealkylation sites (N-methyl/N-ethyl adjacent to an activating group) is 1. The molecule has 0 bridgehead atoms. The van der Waals surface area contributed by atoms with Crippen LogP contribution in [0.25, 0.3) is 0 Å². The van der Waals surface area contributed by atoms with E-state index < -0.39 is 0 Å². The first-order valence-electron chi connectivity index (χ1n) is 7.89. The summed E-state index contributed by atoms with van der Waals surface area (Å²) in [7, 11) is 1.92. The summed E-state index contributed by atoms with van der Waals surface area (Å²) in [4.78, 5) is 14.6. The second kappa shape index (κ2) is 8.31. The van der Waals surface area contributed by atoms with Crippen molar-refractivity contribution in [2.75, 3.05) is 20.1 Å². The molecule has 0 aliphatic carbocycles. The zero-order valence-electron chi connectivity index (χ0n) is 13.2. The highest BCUT2D eigenvalue weighted by Crippen LogP contribution is 2.29. The van der Waals surface area contributed by atoms with Crippen LogP contribution in [0.3, 0.4) is 0 Å². The molecule has 7 heteroatoms. The van der Waals surface area contributed by atoms with E-state index in [-0.39, 0.29) is 30.4 Å². The van der Waals surface area contributed by atoms with Gasteiger partial charge in [-0.3, -0.25) is 4.79 Å². The molecule has 2 unspecified atom stereocenters. The topological polar surface area (TPSA) is 56.4 Å². The van der Waals surface area contributed by atoms with Gasteiger partial charge >= 0.3 is 0 Å². The molecule has 128 valence electrons. The van der Waals surface area contributed by atoms with E-state index in [9.17, 15) is 4.79 Å². The molecule has 23 heavy (non-hydrogen) atoms. The minimum Gasteiger partial charge on any atom is -0.341 e. The number of halogens is 2. The van der Waals surface area contributed by atoms with E-state index in [1.165, 1.54) is 0 Å². The maximum absolute atomic E-state index is 12.7. The van der Waals surface area contributed by atoms with Gasteiger partial charge in [-0.05, 0) is 44.0 Å². The van der Waals surface area contributed by atoms with Gasteiger partial charge in [0.05, 0.1) is 0 Å². The Morgan fingerprint density at radius 2 is 1.91 bits per heavy atom. The third-order valence-corrected chi connectivity index (χ3v) is 5.03. The van der Waals surface area contributed by atoms with E-state index in [1.54, 1.807) is 0 Å². The monoisotopic (exact) mass is 358 g/mol. The van der Waals surface area contributed by atoms with Gasteiger partial charge in [-0.15, -0.1) is 12.4 Å². The van der Waals surface area contributed by atoms with E-state index in [1.807, 2.05) is 36.2 Å². The number of benzene rings is 1. The molecule has 1 amide bonds. The Balaban J connectivity index is 0.00000192. The maximum Gasteiger partial charge on any atom is 0.241 e. The summed E-state index contributed by atoms with van der Waals surface area (Å²) in [6.07, 6.45) is 2.77. The second-order valence-corrected chi connectivity index (χ2v) is 6.49. The first-order chi connectivity index (χ1) is 10.7. The number of nitrogens with one attached hydrogen (secondary N) is 3. The van der Waals surface area contributed by atoms with E-state index in [4.69, 9.17) is 11.6 Å². The lowest BCUT2D eigenvalue weighted by atomic mass is 10.00. The van der Waals surface area contributed by atoms with Gasteiger partial charge in [-0.1, -0.05) is 29.8 Å². The molecule has 2 aliphatic heterocycles. The molecule has 0 aromatic heterocycles. The zero-order chi connectivity index (χ0) is 15.5. The van der Waals surface area contributed by atoms with Gasteiger partial charge in [0, 0.05) is 24.2 Å². The standard InChI is InChI=1S/C16H23ClN4O.ClH/c1-21(11-6-8-18-9-7-11)16(22)15-10-14(19-20-15)12-4-2-3-5-13(12)17;/h2-5,11,14-15,18-20H,6-10H2,1H3;1H. The normalized spacial score (nSPS) is 25.0. The largest absolute Gasteiger partial charge is 0.341 e. The van der Waals surface area contributed by atoms with Crippen molar-refractivity contribution < 1.29 is 4.79 Å². The molecule has 0 spiro atoms. The van der Waals surface area contributed by atoms with Gasteiger partial charge in [0.2, 0.25) is 5.91 Å². The van der Waals surface area contributed by atoms with Crippen LogP contribution in [-0.4, -0.2) is 43.0 Å². The molecule has 3 N–H and O–H groups in total. The molecule has 5 nitrogen and oxygen atoms in total. The number of hydrogen-bond acceptors (Lipinski definition) is 4. The zero-order valence-corrected chi connectivity index (χ0v) is 14.8. The minimum absolute atomic E-state index is 0. The van der Waals surface area contributed by atoms with Crippen molar-refractivity contribution in [2.24, 2.45) is 0 Å². The minimum atomic E-state index is -0.193. The van der Waals surface area contributed by atoms with Crippen molar-refractivity contribution in [3.05, 3.63) is 34.9 Å². The van der Waals surface area contributed by atoms with Crippen molar-refractivity contribution in [3.8, 4) is 0 Å². The van der Waals surface area contributed by atoms with Crippen LogP contribution in [0.1, 0.15) is 30.9 Å². The number of rotatable bonds is 3. The fourth-order valence-electron chi connectivity index (χ4n) is 3.30. The molecule has 0 saturated carbocycles. The Hall–Kier alpha value is -0.850. The number of carbonyl (C=O) groups excluding carboxylic acids is 1. The van der Waals surface area contributed by atoms with Crippen molar-refractivity contribution in [1.29, 1.82) is 0 Å². The first-order valence-corrected chi connectivity index (χ1v) is 8.27. The number of piperidine rings is 1. The highest BCUT2D eigenvalue weighted by Gasteiger charge is 2.34. The van der Waals surface area contributed by atoms with Crippen LogP contribution in [0.15, 0.2) is 24.3 Å². The van der Waals surface area contributed by atoms with Crippen LogP contribution in [0.2, 0.25) is 5.02 Å². The number of amides is 1. The van der Waals surface area contributed by atoms with Crippen molar-refractivity contribution in [2.45, 2.75) is 37.4 Å². The van der Waals surface area contributed by atoms with Gasteiger partial charge in [0.1, 0.15) is 6.04 Å². The summed E-state index contributed by atoms with van der Waals surface area (Å²) in [5.74, 6) is 0.161. The summed E-state index contributed by atoms with van der Waals surface area (Å²) >= 11 is 6.25. The Bertz CT molecular complexity index is 537. The first kappa shape index (κ1) is 18.5. The predicted octanol–water partition coefficient (Wildman–Crippen LogP) is 1.88. The maximum atomic E-state index is 12.7. The van der Waals surface area contributed by atoms with Crippen LogP contribution >= 0.6 is 24.0 Å². The van der Waals surface area contributed by atoms with Crippen LogP contribution in [0.5, 0.6) is 0 Å². The van der Waals surface area contributed by atoms with E-state index >= 15 is 0 Å². The van der Waals surface area contributed by atoms with Gasteiger partial charge < -0.3 is 10.2 Å². The Kier molecular flexibility index (Phi) is 6.68. The Morgan fingerprint density at radius 3 is 2.61 bits per heavy atom. The molecule has 2 fully saturated rings. The highest BCUT2D eigenvalue weighted by molar-refractivity contribution is 6.31. The molecule has 1 aromatic carbocycles. The van der Waals surface area contributed by atoms with Gasteiger partial charge in [-0.2, -0.15) is 0 Å². The number of nitrogens with zero attached hydrogens (tertiary/aromatic N) is 1. The number of carbonyl (C=O) groups is 1. The molecule has 2 aliphatic rings. The van der Waals surface area contributed by atoms with Gasteiger partial charge in [0.25, 0.3) is 0 Å². The highest BCUT2D eigenvalue weighted by atomic mass is 35.5. The Labute approximate surface area is 148 Å². The van der Waals surface area contributed by atoms with Crippen LogP contribution in [0.4, 0.5) is 0 Å². The summed E-state index contributed by atoms with van der Waals surface area (Å²) in [6, 6.07) is 8.00. The van der Waals surface area contributed by atoms with E-state index in [0.717, 1.165) is 42.9 Å². The second-order valence-electron chi connectivity index (χ2n) is 6.08. The molecule has 1 aromatic rings. The quantitative estimate of drug-likeness (QED) is 0.772. The molecule has 0 radical (unpaired) electrons. The fraction of sp³-hybridized carbons (Fsp3) is 0.562. The van der Waals surface area contributed by atoms with Crippen LogP contribution in [-0.2, 0) is 4.79 Å². The summed E-state index contributed by atoms with van der Waals surface area (Å²) in [5, 5.41) is 4.07. The molecular formula is C16H24Cl2N4O. The van der Waals surface area contributed by atoms with Gasteiger partial charge in [-0.25, -0.2) is 10.9 Å². The van der Waals surface area contributed by atoms with Crippen molar-refractivity contribution >= 4 is 29.9 Å². The summed E-state index contributed by atoms with van der Waals surface area (Å²) in [6.45, 7) is 1.97.